The highest BCUT2D eigenvalue weighted by molar-refractivity contribution is 5.79. The van der Waals surface area contributed by atoms with Crippen molar-refractivity contribution in [3.63, 3.8) is 0 Å². The van der Waals surface area contributed by atoms with Crippen LogP contribution in [0.15, 0.2) is 0 Å². The Kier molecular flexibility index (Phi) is 47.5. The Morgan fingerprint density at radius 1 is 0.246 bits per heavy atom. The molecular weight excluding hydrogens is 1710 g/mol. The maximum Gasteiger partial charge on any atom is 0.312 e. The zero-order valence-corrected chi connectivity index (χ0v) is 86.3. The normalized spacial score (nSPS) is 36.8. The second kappa shape index (κ2) is 49.3. The predicted octanol–water partition coefficient (Wildman–Crippen LogP) is 37.4. The van der Waals surface area contributed by atoms with Gasteiger partial charge in [0, 0.05) is 16.2 Å². The van der Waals surface area contributed by atoms with Crippen molar-refractivity contribution in [3.05, 3.63) is 0 Å². The lowest BCUT2D eigenvalue weighted by Gasteiger charge is -2.62. The van der Waals surface area contributed by atoms with Crippen LogP contribution in [0.2, 0.25) is 0 Å². The van der Waals surface area contributed by atoms with Crippen LogP contribution in [0.5, 0.6) is 0 Å². The van der Waals surface area contributed by atoms with Gasteiger partial charge >= 0.3 is 35.8 Å². The molecule has 12 heteroatoms. The Morgan fingerprint density at radius 3 is 0.768 bits per heavy atom. The second-order valence-electron chi connectivity index (χ2n) is 53.7. The van der Waals surface area contributed by atoms with Crippen LogP contribution in [0.4, 0.5) is 0 Å². The predicted molar refractivity (Wildman–Crippen MR) is 590 cm³/mol. The van der Waals surface area contributed by atoms with Gasteiger partial charge in [-0.2, -0.15) is 0 Å². The molecule has 24 saturated carbocycles. The van der Waals surface area contributed by atoms with E-state index in [0.29, 0.717) is 35.5 Å². The fourth-order valence-corrected chi connectivity index (χ4v) is 32.6. The Balaban J connectivity index is 0.000000815. The molecule has 24 aliphatic carbocycles. The average Bonchev–Trinajstić information content (AvgIpc) is 1.53. The first-order valence-corrected chi connectivity index (χ1v) is 54.2. The molecule has 0 aromatic carbocycles. The van der Waals surface area contributed by atoms with Gasteiger partial charge in [-0.25, -0.2) is 0 Å². The van der Waals surface area contributed by atoms with Crippen molar-refractivity contribution in [2.75, 3.05) is 0 Å². The zero-order chi connectivity index (χ0) is 92.2. The van der Waals surface area contributed by atoms with E-state index in [1.807, 2.05) is 83.1 Å². The van der Waals surface area contributed by atoms with Crippen LogP contribution in [0.25, 0.3) is 0 Å². The van der Waals surface area contributed by atoms with Gasteiger partial charge in [-0.1, -0.05) is 164 Å². The van der Waals surface area contributed by atoms with E-state index in [2.05, 4.69) is 104 Å². The van der Waals surface area contributed by atoms with E-state index in [0.717, 1.165) is 153 Å². The molecule has 0 aromatic rings. The molecule has 0 spiro atoms. The first kappa shape index (κ1) is 133. The summed E-state index contributed by atoms with van der Waals surface area (Å²) in [6.45, 7) is 56.7. The minimum atomic E-state index is -0.365. The molecule has 12 nitrogen and oxygen atoms in total. The van der Waals surface area contributed by atoms with Crippen LogP contribution in [-0.4, -0.2) is 69.4 Å². The summed E-state index contributed by atoms with van der Waals surface area (Å²) in [6, 6.07) is 0. The summed E-state index contributed by atoms with van der Waals surface area (Å²) in [5, 5.41) is 0. The molecule has 24 rings (SSSR count). The monoisotopic (exact) mass is 1950 g/mol. The lowest BCUT2D eigenvalue weighted by molar-refractivity contribution is -0.220. The fraction of sp³-hybridized carbons (Fsp3) is 0.952. The Morgan fingerprint density at radius 2 is 0.478 bits per heavy atom. The summed E-state index contributed by atoms with van der Waals surface area (Å²) < 4.78 is 37.5. The molecule has 24 fully saturated rings. The number of rotatable bonds is 28. The minimum absolute atomic E-state index is 0. The van der Waals surface area contributed by atoms with Crippen molar-refractivity contribution in [3.8, 4) is 0 Å². The number of hydrogen-bond acceptors (Lipinski definition) is 12. The third kappa shape index (κ3) is 25.8. The molecule has 0 amide bonds. The number of unbranched alkanes of at least 4 members (excludes halogenated alkanes) is 2. The number of carbonyl (C=O) groups is 6. The first-order valence-electron chi connectivity index (χ1n) is 54.2. The van der Waals surface area contributed by atoms with Crippen LogP contribution in [0.3, 0.4) is 0 Å². The van der Waals surface area contributed by atoms with Gasteiger partial charge in [0.05, 0.1) is 32.5 Å². The van der Waals surface area contributed by atoms with E-state index < -0.39 is 0 Å². The highest BCUT2D eigenvalue weighted by Gasteiger charge is 2.68. The number of carbonyl (C=O) groups excluding carboxylic acids is 6. The quantitative estimate of drug-likeness (QED) is 0.0540. The Hall–Kier alpha value is -3.18. The van der Waals surface area contributed by atoms with Gasteiger partial charge in [-0.05, 0) is 525 Å². The second-order valence-corrected chi connectivity index (χ2v) is 53.7. The van der Waals surface area contributed by atoms with Crippen molar-refractivity contribution in [2.24, 2.45) is 173 Å². The highest BCUT2D eigenvalue weighted by Crippen LogP contribution is 2.72. The molecule has 3 atom stereocenters. The van der Waals surface area contributed by atoms with Crippen molar-refractivity contribution in [1.29, 1.82) is 0 Å². The van der Waals surface area contributed by atoms with Crippen molar-refractivity contribution in [1.82, 2.24) is 0 Å². The van der Waals surface area contributed by atoms with E-state index in [-0.39, 0.29) is 207 Å². The Bertz CT molecular complexity index is 3610. The third-order valence-corrected chi connectivity index (χ3v) is 42.5. The van der Waals surface area contributed by atoms with E-state index >= 15 is 0 Å². The SMILES string of the molecule is C.C.C.C.C.C.C.C.C.C.C.C.CCC(C)(C)C(=O)OC(C)(C)C12CC3CC(CC(C3)C1)C2.CCC(C)(C)C(=O)OC(C)(C)C12CC3CC(CC1C3)C2.CCC(C)(C)C(=O)OC1(C)C2CC3CC(C2)CC1C3.CCC(C)(C)C(=O)OC1(CC)C2CC3CC(C2)CC1C3.CCCCC(C)(OC(=O)C(C)(C)CC)C12CC3CC(CC(C3)C1)C2.CCCCC1(OC(=O)C(C)(C)CC)C2CC3CC(C2)CC1C3. The molecule has 816 valence electrons. The van der Waals surface area contributed by atoms with Gasteiger partial charge in [0.2, 0.25) is 0 Å². The lowest BCUT2D eigenvalue weighted by atomic mass is 9.45. The number of hydrogen-bond donors (Lipinski definition) is 0. The largest absolute Gasteiger partial charge is 0.459 e. The van der Waals surface area contributed by atoms with Gasteiger partial charge in [-0.3, -0.25) is 28.8 Å². The van der Waals surface area contributed by atoms with Crippen molar-refractivity contribution < 1.29 is 57.2 Å². The summed E-state index contributed by atoms with van der Waals surface area (Å²) in [7, 11) is 0. The summed E-state index contributed by atoms with van der Waals surface area (Å²) >= 11 is 0. The fourth-order valence-electron chi connectivity index (χ4n) is 32.6. The molecule has 0 heterocycles. The van der Waals surface area contributed by atoms with Crippen molar-refractivity contribution in [2.45, 2.75) is 599 Å². The third-order valence-electron chi connectivity index (χ3n) is 42.5. The van der Waals surface area contributed by atoms with Gasteiger partial charge in [-0.15, -0.1) is 0 Å². The molecular formula is C126H240O12. The number of ether oxygens (including phenoxy) is 6. The summed E-state index contributed by atoms with van der Waals surface area (Å²) in [6.07, 6.45) is 56.1. The van der Waals surface area contributed by atoms with Crippen molar-refractivity contribution >= 4 is 35.8 Å². The molecule has 0 radical (unpaired) electrons. The van der Waals surface area contributed by atoms with Crippen LogP contribution >= 0.6 is 0 Å². The van der Waals surface area contributed by atoms with Crippen LogP contribution in [-0.2, 0) is 57.2 Å². The van der Waals surface area contributed by atoms with E-state index in [9.17, 15) is 28.8 Å². The summed E-state index contributed by atoms with van der Waals surface area (Å²) in [5.74, 6) is 17.5. The van der Waals surface area contributed by atoms with E-state index in [4.69, 9.17) is 28.4 Å². The van der Waals surface area contributed by atoms with Crippen LogP contribution in [0, 0.1) is 173 Å². The molecule has 0 N–H and O–H groups in total. The highest BCUT2D eigenvalue weighted by atomic mass is 16.6. The number of esters is 6. The summed E-state index contributed by atoms with van der Waals surface area (Å²) in [5.41, 5.74) is -2.60. The average molecular weight is 1950 g/mol. The maximum atomic E-state index is 12.9. The van der Waals surface area contributed by atoms with Gasteiger partial charge in [0.1, 0.15) is 33.6 Å². The molecule has 24 aliphatic rings. The Labute approximate surface area is 859 Å². The van der Waals surface area contributed by atoms with E-state index in [1.54, 1.807) is 0 Å². The summed E-state index contributed by atoms with van der Waals surface area (Å²) in [4.78, 5) is 76.0. The van der Waals surface area contributed by atoms with Gasteiger partial charge in [0.25, 0.3) is 0 Å². The molecule has 0 aromatic heterocycles. The topological polar surface area (TPSA) is 158 Å². The minimum Gasteiger partial charge on any atom is -0.459 e. The molecule has 138 heavy (non-hydrogen) atoms. The molecule has 24 bridgehead atoms. The smallest absolute Gasteiger partial charge is 0.312 e. The molecule has 0 saturated heterocycles. The van der Waals surface area contributed by atoms with Crippen LogP contribution in [0.1, 0.15) is 565 Å². The van der Waals surface area contributed by atoms with Gasteiger partial charge in [0.15, 0.2) is 0 Å². The lowest BCUT2D eigenvalue weighted by Crippen LogP contribution is -2.60. The maximum absolute atomic E-state index is 12.9. The molecule has 3 unspecified atom stereocenters. The van der Waals surface area contributed by atoms with E-state index in [1.165, 1.54) is 225 Å². The standard InChI is InChI=1S/C22H38O2.C20H34O2.C19H32O2.2C18H30O2.C17H28O2.12CH4/c1-6-8-9-21(5,24-19(23)20(3,4)7-2)22-13-16-10-17(14-22)12-18(11-16)15-22;1-5-7-8-20(22-18(21)19(3,4)6-2)16-10-14-9-15(12-16)13-17(20)11-14;1-6-17(2,3)16(20)21-18(4,5)19-10-13-7-14(11-19)9-15(8-13)12-19;1-6-16(2,3)15(19)20-17(4,5)18-10-12-7-13(11-18)9-14(18)8-12;1-5-17(3,4)16(19)20-18(6-2)14-8-12-7-13(10-14)11-15(18)9-12;1-5-16(2,3)15(18)19-17(4)13-7-11-6-12(9-13)10-14(17)8-11;;;;;;;;;;;;/h16-18H,6-15H2,1-5H3;14-17H,5-13H2,1-4H3;13-15H,6-12H2,1-5H3;12-14H,6-11H2,1-5H3;12-15H,5-11H2,1-4H3;11-14H,5-10H2,1-4H3;12*1H4. The van der Waals surface area contributed by atoms with Gasteiger partial charge < -0.3 is 28.4 Å². The van der Waals surface area contributed by atoms with Crippen LogP contribution < -0.4 is 0 Å². The zero-order valence-electron chi connectivity index (χ0n) is 86.3. The molecule has 0 aliphatic heterocycles. The first-order chi connectivity index (χ1) is 58.8.